The van der Waals surface area contributed by atoms with Crippen LogP contribution < -0.4 is 0 Å². The standard InChI is InChI=1S/C8H13NO2/c1-7-8(10)11-6-4-3-5-9(7)2/h1,3-6H2,2H3. The lowest BCUT2D eigenvalue weighted by Gasteiger charge is -2.22. The Labute approximate surface area is 66.6 Å². The van der Waals surface area contributed by atoms with E-state index < -0.39 is 0 Å². The monoisotopic (exact) mass is 155 g/mol. The molecule has 0 spiro atoms. The summed E-state index contributed by atoms with van der Waals surface area (Å²) in [5, 5.41) is 0. The van der Waals surface area contributed by atoms with Crippen molar-refractivity contribution in [1.29, 1.82) is 0 Å². The second kappa shape index (κ2) is 3.42. The van der Waals surface area contributed by atoms with Crippen molar-refractivity contribution in [1.82, 2.24) is 4.90 Å². The Morgan fingerprint density at radius 2 is 2.27 bits per heavy atom. The molecule has 0 bridgehead atoms. The summed E-state index contributed by atoms with van der Waals surface area (Å²) in [5.74, 6) is -0.285. The van der Waals surface area contributed by atoms with Gasteiger partial charge in [-0.1, -0.05) is 6.58 Å². The summed E-state index contributed by atoms with van der Waals surface area (Å²) >= 11 is 0. The van der Waals surface area contributed by atoms with Crippen LogP contribution in [0, 0.1) is 0 Å². The summed E-state index contributed by atoms with van der Waals surface area (Å²) in [6, 6.07) is 0. The maximum absolute atomic E-state index is 11.0. The number of carbonyl (C=O) groups is 1. The molecule has 3 nitrogen and oxygen atoms in total. The van der Waals surface area contributed by atoms with Gasteiger partial charge in [0.15, 0.2) is 0 Å². The number of ether oxygens (including phenoxy) is 1. The van der Waals surface area contributed by atoms with E-state index in [1.165, 1.54) is 0 Å². The van der Waals surface area contributed by atoms with Gasteiger partial charge in [-0.05, 0) is 12.8 Å². The van der Waals surface area contributed by atoms with Gasteiger partial charge in [0.25, 0.3) is 0 Å². The summed E-state index contributed by atoms with van der Waals surface area (Å²) in [6.45, 7) is 5.06. The Morgan fingerprint density at radius 3 is 3.00 bits per heavy atom. The van der Waals surface area contributed by atoms with E-state index in [1.54, 1.807) is 0 Å². The second-order valence-electron chi connectivity index (χ2n) is 2.71. The molecule has 0 unspecified atom stereocenters. The van der Waals surface area contributed by atoms with E-state index in [0.717, 1.165) is 19.4 Å². The minimum atomic E-state index is -0.285. The van der Waals surface area contributed by atoms with E-state index in [0.29, 0.717) is 12.3 Å². The van der Waals surface area contributed by atoms with Crippen LogP contribution in [-0.2, 0) is 9.53 Å². The van der Waals surface area contributed by atoms with Gasteiger partial charge < -0.3 is 9.64 Å². The van der Waals surface area contributed by atoms with Crippen molar-refractivity contribution in [3.8, 4) is 0 Å². The van der Waals surface area contributed by atoms with Gasteiger partial charge in [0, 0.05) is 13.6 Å². The molecule has 0 aromatic rings. The highest BCUT2D eigenvalue weighted by Crippen LogP contribution is 2.07. The molecule has 11 heavy (non-hydrogen) atoms. The van der Waals surface area contributed by atoms with Gasteiger partial charge in [0.2, 0.25) is 0 Å². The third-order valence-corrected chi connectivity index (χ3v) is 1.82. The average Bonchev–Trinajstić information content (AvgIpc) is 2.00. The number of esters is 1. The normalized spacial score (nSPS) is 20.6. The predicted octanol–water partition coefficient (Wildman–Crippen LogP) is 0.769. The van der Waals surface area contributed by atoms with Crippen molar-refractivity contribution in [3.05, 3.63) is 12.3 Å². The highest BCUT2D eigenvalue weighted by molar-refractivity contribution is 5.87. The van der Waals surface area contributed by atoms with E-state index in [1.807, 2.05) is 11.9 Å². The zero-order valence-electron chi connectivity index (χ0n) is 6.80. The van der Waals surface area contributed by atoms with Gasteiger partial charge >= 0.3 is 5.97 Å². The molecule has 0 N–H and O–H groups in total. The molecule has 62 valence electrons. The summed E-state index contributed by atoms with van der Waals surface area (Å²) in [4.78, 5) is 12.8. The lowest BCUT2D eigenvalue weighted by Crippen LogP contribution is -2.28. The number of nitrogens with zero attached hydrogens (tertiary/aromatic N) is 1. The van der Waals surface area contributed by atoms with Gasteiger partial charge in [-0.25, -0.2) is 4.79 Å². The Hall–Kier alpha value is -0.990. The fourth-order valence-electron chi connectivity index (χ4n) is 0.990. The van der Waals surface area contributed by atoms with E-state index in [-0.39, 0.29) is 5.97 Å². The fourth-order valence-corrected chi connectivity index (χ4v) is 0.990. The Morgan fingerprint density at radius 1 is 1.55 bits per heavy atom. The summed E-state index contributed by atoms with van der Waals surface area (Å²) in [6.07, 6.45) is 2.01. The first-order valence-corrected chi connectivity index (χ1v) is 3.79. The molecular formula is C8H13NO2. The van der Waals surface area contributed by atoms with Crippen molar-refractivity contribution >= 4 is 5.97 Å². The number of carbonyl (C=O) groups excluding carboxylic acids is 1. The maximum Gasteiger partial charge on any atom is 0.353 e. The van der Waals surface area contributed by atoms with Crippen molar-refractivity contribution in [2.45, 2.75) is 12.8 Å². The van der Waals surface area contributed by atoms with Crippen molar-refractivity contribution in [2.75, 3.05) is 20.2 Å². The number of rotatable bonds is 0. The summed E-state index contributed by atoms with van der Waals surface area (Å²) < 4.78 is 4.89. The van der Waals surface area contributed by atoms with Crippen LogP contribution in [0.4, 0.5) is 0 Å². The van der Waals surface area contributed by atoms with Crippen LogP contribution >= 0.6 is 0 Å². The zero-order valence-corrected chi connectivity index (χ0v) is 6.80. The van der Waals surface area contributed by atoms with Crippen LogP contribution in [0.25, 0.3) is 0 Å². The third-order valence-electron chi connectivity index (χ3n) is 1.82. The van der Waals surface area contributed by atoms with Crippen LogP contribution in [-0.4, -0.2) is 31.1 Å². The molecular weight excluding hydrogens is 142 g/mol. The number of cyclic esters (lactones) is 1. The van der Waals surface area contributed by atoms with Crippen LogP contribution in [0.1, 0.15) is 12.8 Å². The number of hydrogen-bond donors (Lipinski definition) is 0. The molecule has 1 aliphatic heterocycles. The first kappa shape index (κ1) is 8.11. The quantitative estimate of drug-likeness (QED) is 0.382. The topological polar surface area (TPSA) is 29.5 Å². The lowest BCUT2D eigenvalue weighted by molar-refractivity contribution is -0.141. The molecule has 0 atom stereocenters. The van der Waals surface area contributed by atoms with Gasteiger partial charge in [0.1, 0.15) is 5.70 Å². The Kier molecular flexibility index (Phi) is 2.52. The molecule has 0 aromatic carbocycles. The van der Waals surface area contributed by atoms with Gasteiger partial charge in [0.05, 0.1) is 6.61 Å². The molecule has 1 fully saturated rings. The average molecular weight is 155 g/mol. The predicted molar refractivity (Wildman–Crippen MR) is 42.0 cm³/mol. The van der Waals surface area contributed by atoms with Gasteiger partial charge in [-0.3, -0.25) is 0 Å². The largest absolute Gasteiger partial charge is 0.461 e. The van der Waals surface area contributed by atoms with Crippen molar-refractivity contribution < 1.29 is 9.53 Å². The maximum atomic E-state index is 11.0. The van der Waals surface area contributed by atoms with Gasteiger partial charge in [-0.15, -0.1) is 0 Å². The molecule has 1 rings (SSSR count). The molecule has 1 heterocycles. The molecule has 0 aromatic heterocycles. The SMILES string of the molecule is C=C1C(=O)OCCCCN1C. The third kappa shape index (κ3) is 1.97. The summed E-state index contributed by atoms with van der Waals surface area (Å²) in [7, 11) is 1.86. The zero-order chi connectivity index (χ0) is 8.27. The van der Waals surface area contributed by atoms with Crippen LogP contribution in [0.2, 0.25) is 0 Å². The fraction of sp³-hybridized carbons (Fsp3) is 0.625. The Balaban J connectivity index is 2.56. The molecule has 0 radical (unpaired) electrons. The van der Waals surface area contributed by atoms with Crippen LogP contribution in [0.5, 0.6) is 0 Å². The van der Waals surface area contributed by atoms with E-state index >= 15 is 0 Å². The molecule has 0 aliphatic carbocycles. The van der Waals surface area contributed by atoms with Crippen LogP contribution in [0.3, 0.4) is 0 Å². The minimum absolute atomic E-state index is 0.285. The highest BCUT2D eigenvalue weighted by atomic mass is 16.5. The van der Waals surface area contributed by atoms with E-state index in [4.69, 9.17) is 4.74 Å². The Bertz CT molecular complexity index is 177. The van der Waals surface area contributed by atoms with Crippen molar-refractivity contribution in [3.63, 3.8) is 0 Å². The highest BCUT2D eigenvalue weighted by Gasteiger charge is 2.14. The molecule has 3 heteroatoms. The summed E-state index contributed by atoms with van der Waals surface area (Å²) in [5.41, 5.74) is 0.463. The van der Waals surface area contributed by atoms with E-state index in [2.05, 4.69) is 6.58 Å². The van der Waals surface area contributed by atoms with E-state index in [9.17, 15) is 4.79 Å². The van der Waals surface area contributed by atoms with Crippen LogP contribution in [0.15, 0.2) is 12.3 Å². The molecule has 0 saturated carbocycles. The number of hydrogen-bond acceptors (Lipinski definition) is 3. The van der Waals surface area contributed by atoms with Gasteiger partial charge in [-0.2, -0.15) is 0 Å². The molecule has 0 amide bonds. The molecule has 1 saturated heterocycles. The molecule has 1 aliphatic rings. The first-order chi connectivity index (χ1) is 5.22. The minimum Gasteiger partial charge on any atom is -0.461 e. The number of likely N-dealkylation sites (N-methyl/N-ethyl adjacent to an activating group) is 1. The smallest absolute Gasteiger partial charge is 0.353 e. The lowest BCUT2D eigenvalue weighted by atomic mass is 10.2. The first-order valence-electron chi connectivity index (χ1n) is 3.79. The van der Waals surface area contributed by atoms with Crippen molar-refractivity contribution in [2.24, 2.45) is 0 Å². The second-order valence-corrected chi connectivity index (χ2v) is 2.71.